The van der Waals surface area contributed by atoms with E-state index >= 15 is 0 Å². The molecule has 0 saturated heterocycles. The first-order valence-electron chi connectivity index (χ1n) is 2.66. The molecule has 66 valence electrons. The predicted molar refractivity (Wildman–Crippen MR) is 39.7 cm³/mol. The molecule has 0 unspecified atom stereocenters. The summed E-state index contributed by atoms with van der Waals surface area (Å²) in [6, 6.07) is 0. The molecule has 1 rings (SSSR count). The molecule has 2 nitrogen and oxygen atoms in total. The van der Waals surface area contributed by atoms with Gasteiger partial charge in [-0.3, -0.25) is 0 Å². The lowest BCUT2D eigenvalue weighted by Gasteiger charge is -2.06. The van der Waals surface area contributed by atoms with E-state index in [1.807, 2.05) is 0 Å². The third kappa shape index (κ3) is 2.07. The lowest BCUT2D eigenvalue weighted by molar-refractivity contribution is -0.141. The van der Waals surface area contributed by atoms with Gasteiger partial charge in [0.15, 0.2) is 5.69 Å². The number of hydrogen-bond acceptors (Lipinski definition) is 2. The average molecular weight is 261 g/mol. The van der Waals surface area contributed by atoms with Crippen LogP contribution in [0.2, 0.25) is 5.28 Å². The standard InChI is InChI=1S/C5HBrClF3N2/c6-2-1-11-4(7)12-3(2)5(8,9)10/h1H. The van der Waals surface area contributed by atoms with Gasteiger partial charge in [0.25, 0.3) is 0 Å². The van der Waals surface area contributed by atoms with Crippen LogP contribution < -0.4 is 0 Å². The number of aromatic nitrogens is 2. The van der Waals surface area contributed by atoms with E-state index in [-0.39, 0.29) is 4.47 Å². The Morgan fingerprint density at radius 3 is 2.42 bits per heavy atom. The van der Waals surface area contributed by atoms with Gasteiger partial charge in [0.2, 0.25) is 5.28 Å². The van der Waals surface area contributed by atoms with Gasteiger partial charge in [0.05, 0.1) is 4.47 Å². The number of alkyl halides is 3. The molecule has 1 heterocycles. The zero-order chi connectivity index (χ0) is 9.35. The van der Waals surface area contributed by atoms with Crippen LogP contribution in [0.3, 0.4) is 0 Å². The third-order valence-electron chi connectivity index (χ3n) is 0.983. The number of nitrogens with zero attached hydrogens (tertiary/aromatic N) is 2. The summed E-state index contributed by atoms with van der Waals surface area (Å²) < 4.78 is 35.9. The first-order valence-corrected chi connectivity index (χ1v) is 3.83. The van der Waals surface area contributed by atoms with Gasteiger partial charge in [-0.25, -0.2) is 9.97 Å². The second kappa shape index (κ2) is 3.18. The molecular weight excluding hydrogens is 260 g/mol. The van der Waals surface area contributed by atoms with Gasteiger partial charge in [-0.2, -0.15) is 13.2 Å². The van der Waals surface area contributed by atoms with E-state index in [1.54, 1.807) is 0 Å². The first kappa shape index (κ1) is 9.73. The molecule has 0 bridgehead atoms. The Kier molecular flexibility index (Phi) is 2.58. The van der Waals surface area contributed by atoms with Crippen LogP contribution in [0.1, 0.15) is 5.69 Å². The fraction of sp³-hybridized carbons (Fsp3) is 0.200. The Hall–Kier alpha value is -0.360. The molecule has 0 atom stereocenters. The highest BCUT2D eigenvalue weighted by atomic mass is 79.9. The Morgan fingerprint density at radius 2 is 2.00 bits per heavy atom. The van der Waals surface area contributed by atoms with E-state index in [1.165, 1.54) is 0 Å². The minimum Gasteiger partial charge on any atom is -0.225 e. The summed E-state index contributed by atoms with van der Waals surface area (Å²) in [5, 5.41) is -0.425. The minimum absolute atomic E-state index is 0.223. The molecule has 0 spiro atoms. The lowest BCUT2D eigenvalue weighted by Crippen LogP contribution is -2.09. The first-order chi connectivity index (χ1) is 5.41. The van der Waals surface area contributed by atoms with Crippen molar-refractivity contribution in [1.82, 2.24) is 9.97 Å². The second-order valence-electron chi connectivity index (χ2n) is 1.83. The molecule has 7 heteroatoms. The van der Waals surface area contributed by atoms with Gasteiger partial charge < -0.3 is 0 Å². The summed E-state index contributed by atoms with van der Waals surface area (Å²) in [5.74, 6) is 0. The molecule has 0 aliphatic rings. The van der Waals surface area contributed by atoms with Crippen LogP contribution in [0.15, 0.2) is 10.7 Å². The van der Waals surface area contributed by atoms with Crippen molar-refractivity contribution in [3.63, 3.8) is 0 Å². The molecule has 0 radical (unpaired) electrons. The zero-order valence-electron chi connectivity index (χ0n) is 5.36. The summed E-state index contributed by atoms with van der Waals surface area (Å²) in [6.07, 6.45) is -3.55. The molecule has 0 fully saturated rings. The van der Waals surface area contributed by atoms with Crippen LogP contribution in [0.4, 0.5) is 13.2 Å². The van der Waals surface area contributed by atoms with Crippen molar-refractivity contribution in [2.45, 2.75) is 6.18 Å². The van der Waals surface area contributed by atoms with E-state index < -0.39 is 17.2 Å². The predicted octanol–water partition coefficient (Wildman–Crippen LogP) is 2.91. The summed E-state index contributed by atoms with van der Waals surface area (Å²) in [4.78, 5) is 6.39. The van der Waals surface area contributed by atoms with Crippen LogP contribution in [0.25, 0.3) is 0 Å². The van der Waals surface area contributed by atoms with Gasteiger partial charge in [0, 0.05) is 6.20 Å². The van der Waals surface area contributed by atoms with E-state index in [0.29, 0.717) is 0 Å². The Bertz CT molecular complexity index is 301. The molecule has 0 aliphatic carbocycles. The molecule has 0 N–H and O–H groups in total. The normalized spacial score (nSPS) is 11.8. The molecule has 1 aromatic heterocycles. The number of halogens is 5. The fourth-order valence-electron chi connectivity index (χ4n) is 0.544. The molecule has 0 amide bonds. The summed E-state index contributed by atoms with van der Waals surface area (Å²) in [7, 11) is 0. The van der Waals surface area contributed by atoms with Crippen molar-refractivity contribution >= 4 is 27.5 Å². The average Bonchev–Trinajstić information content (AvgIpc) is 1.92. The molecule has 0 aromatic carbocycles. The van der Waals surface area contributed by atoms with Crippen molar-refractivity contribution < 1.29 is 13.2 Å². The van der Waals surface area contributed by atoms with Crippen molar-refractivity contribution in [3.05, 3.63) is 21.6 Å². The van der Waals surface area contributed by atoms with E-state index in [0.717, 1.165) is 6.20 Å². The van der Waals surface area contributed by atoms with Crippen LogP contribution in [-0.2, 0) is 6.18 Å². The summed E-state index contributed by atoms with van der Waals surface area (Å²) in [6.45, 7) is 0. The molecule has 0 saturated carbocycles. The highest BCUT2D eigenvalue weighted by Gasteiger charge is 2.35. The smallest absolute Gasteiger partial charge is 0.225 e. The Labute approximate surface area is 78.9 Å². The number of hydrogen-bond donors (Lipinski definition) is 0. The maximum absolute atomic E-state index is 12.0. The van der Waals surface area contributed by atoms with Crippen molar-refractivity contribution in [1.29, 1.82) is 0 Å². The SMILES string of the molecule is FC(F)(F)c1nc(Cl)ncc1Br. The van der Waals surface area contributed by atoms with Crippen molar-refractivity contribution in [2.75, 3.05) is 0 Å². The quantitative estimate of drug-likeness (QED) is 0.671. The monoisotopic (exact) mass is 260 g/mol. The number of rotatable bonds is 0. The van der Waals surface area contributed by atoms with E-state index in [9.17, 15) is 13.2 Å². The van der Waals surface area contributed by atoms with Crippen LogP contribution in [0, 0.1) is 0 Å². The maximum Gasteiger partial charge on any atom is 0.434 e. The summed E-state index contributed by atoms with van der Waals surface area (Å²) >= 11 is 7.84. The third-order valence-corrected chi connectivity index (χ3v) is 1.75. The van der Waals surface area contributed by atoms with E-state index in [4.69, 9.17) is 11.6 Å². The Balaban J connectivity index is 3.23. The van der Waals surface area contributed by atoms with Crippen LogP contribution in [0.5, 0.6) is 0 Å². The van der Waals surface area contributed by atoms with Crippen LogP contribution in [-0.4, -0.2) is 9.97 Å². The van der Waals surface area contributed by atoms with Gasteiger partial charge in [-0.1, -0.05) is 0 Å². The van der Waals surface area contributed by atoms with Crippen LogP contribution >= 0.6 is 27.5 Å². The van der Waals surface area contributed by atoms with Gasteiger partial charge in [-0.15, -0.1) is 0 Å². The highest BCUT2D eigenvalue weighted by Crippen LogP contribution is 2.32. The van der Waals surface area contributed by atoms with Crippen molar-refractivity contribution in [2.24, 2.45) is 0 Å². The second-order valence-corrected chi connectivity index (χ2v) is 3.03. The zero-order valence-corrected chi connectivity index (χ0v) is 7.70. The largest absolute Gasteiger partial charge is 0.434 e. The minimum atomic E-state index is -4.51. The fourth-order valence-corrected chi connectivity index (χ4v) is 1.09. The molecule has 12 heavy (non-hydrogen) atoms. The van der Waals surface area contributed by atoms with Gasteiger partial charge in [-0.05, 0) is 27.5 Å². The maximum atomic E-state index is 12.0. The van der Waals surface area contributed by atoms with Crippen molar-refractivity contribution in [3.8, 4) is 0 Å². The Morgan fingerprint density at radius 1 is 1.42 bits per heavy atom. The molecule has 1 aromatic rings. The van der Waals surface area contributed by atoms with Gasteiger partial charge in [0.1, 0.15) is 0 Å². The van der Waals surface area contributed by atoms with Gasteiger partial charge >= 0.3 is 6.18 Å². The highest BCUT2D eigenvalue weighted by molar-refractivity contribution is 9.10. The van der Waals surface area contributed by atoms with E-state index in [2.05, 4.69) is 25.9 Å². The topological polar surface area (TPSA) is 25.8 Å². The lowest BCUT2D eigenvalue weighted by atomic mass is 10.4. The molecule has 0 aliphatic heterocycles. The summed E-state index contributed by atoms with van der Waals surface area (Å²) in [5.41, 5.74) is -1.07. The molecular formula is C5HBrClF3N2.